The molecule has 0 saturated heterocycles. The van der Waals surface area contributed by atoms with Gasteiger partial charge in [0.1, 0.15) is 12.4 Å². The lowest BCUT2D eigenvalue weighted by molar-refractivity contribution is -0.122. The van der Waals surface area contributed by atoms with E-state index in [0.717, 1.165) is 12.8 Å². The van der Waals surface area contributed by atoms with Crippen molar-refractivity contribution in [3.8, 4) is 0 Å². The van der Waals surface area contributed by atoms with E-state index in [0.29, 0.717) is 5.82 Å². The molecule has 1 aromatic rings. The van der Waals surface area contributed by atoms with Crippen LogP contribution in [0.3, 0.4) is 0 Å². The van der Waals surface area contributed by atoms with Gasteiger partial charge in [0.15, 0.2) is 0 Å². The maximum Gasteiger partial charge on any atom is 0.241 e. The highest BCUT2D eigenvalue weighted by atomic mass is 16.2. The van der Waals surface area contributed by atoms with Crippen molar-refractivity contribution < 1.29 is 4.79 Å². The third-order valence-electron chi connectivity index (χ3n) is 2.34. The Labute approximate surface area is 87.9 Å². The van der Waals surface area contributed by atoms with Crippen molar-refractivity contribution in [1.82, 2.24) is 15.1 Å². The molecule has 1 aromatic heterocycles. The zero-order valence-corrected chi connectivity index (χ0v) is 8.39. The maximum absolute atomic E-state index is 11.5. The monoisotopic (exact) mass is 206 g/mol. The highest BCUT2D eigenvalue weighted by Crippen LogP contribution is 2.08. The zero-order valence-electron chi connectivity index (χ0n) is 8.39. The first-order valence-corrected chi connectivity index (χ1v) is 4.97. The predicted molar refractivity (Wildman–Crippen MR) is 56.9 cm³/mol. The summed E-state index contributed by atoms with van der Waals surface area (Å²) in [5.41, 5.74) is 5.44. The topological polar surface area (TPSA) is 72.9 Å². The standard InChI is InChI=1S/C10H14N4O/c11-9-5-6-14(13-9)7-10(15)12-8-3-1-2-4-8/h1-2,5-6,8H,3-4,7H2,(H2,11,13)(H,12,15). The first kappa shape index (κ1) is 9.76. The Balaban J connectivity index is 1.82. The molecular formula is C10H14N4O. The first-order chi connectivity index (χ1) is 7.24. The molecule has 0 bridgehead atoms. The van der Waals surface area contributed by atoms with Crippen molar-refractivity contribution in [1.29, 1.82) is 0 Å². The molecule has 0 aliphatic heterocycles. The Hall–Kier alpha value is -1.78. The molecule has 1 aliphatic carbocycles. The van der Waals surface area contributed by atoms with E-state index in [1.807, 2.05) is 0 Å². The number of rotatable bonds is 3. The highest BCUT2D eigenvalue weighted by molar-refractivity contribution is 5.76. The molecule has 1 aliphatic rings. The molecule has 0 radical (unpaired) electrons. The summed E-state index contributed by atoms with van der Waals surface area (Å²) in [5.74, 6) is 0.414. The Morgan fingerprint density at radius 2 is 2.33 bits per heavy atom. The summed E-state index contributed by atoms with van der Waals surface area (Å²) in [6.45, 7) is 0.230. The smallest absolute Gasteiger partial charge is 0.241 e. The number of anilines is 1. The van der Waals surface area contributed by atoms with Gasteiger partial charge in [0.2, 0.25) is 5.91 Å². The lowest BCUT2D eigenvalue weighted by Crippen LogP contribution is -2.35. The molecule has 0 atom stereocenters. The molecule has 0 unspecified atom stereocenters. The van der Waals surface area contributed by atoms with Crippen LogP contribution in [0.15, 0.2) is 24.4 Å². The molecule has 0 aromatic carbocycles. The van der Waals surface area contributed by atoms with Gasteiger partial charge in [0, 0.05) is 12.2 Å². The molecule has 1 heterocycles. The molecule has 5 nitrogen and oxygen atoms in total. The second kappa shape index (κ2) is 4.16. The molecular weight excluding hydrogens is 192 g/mol. The average Bonchev–Trinajstić information content (AvgIpc) is 2.77. The number of hydrogen-bond donors (Lipinski definition) is 2. The van der Waals surface area contributed by atoms with E-state index in [2.05, 4.69) is 22.6 Å². The van der Waals surface area contributed by atoms with Crippen LogP contribution in [0.5, 0.6) is 0 Å². The van der Waals surface area contributed by atoms with Crippen LogP contribution < -0.4 is 11.1 Å². The van der Waals surface area contributed by atoms with Gasteiger partial charge in [0.25, 0.3) is 0 Å². The van der Waals surface area contributed by atoms with Crippen molar-refractivity contribution in [2.45, 2.75) is 25.4 Å². The molecule has 15 heavy (non-hydrogen) atoms. The third kappa shape index (κ3) is 2.59. The van der Waals surface area contributed by atoms with Crippen LogP contribution in [-0.4, -0.2) is 21.7 Å². The predicted octanol–water partition coefficient (Wildman–Crippen LogP) is 0.300. The Morgan fingerprint density at radius 1 is 1.60 bits per heavy atom. The summed E-state index contributed by atoms with van der Waals surface area (Å²) >= 11 is 0. The number of hydrogen-bond acceptors (Lipinski definition) is 3. The van der Waals surface area contributed by atoms with Crippen LogP contribution in [0.2, 0.25) is 0 Å². The van der Waals surface area contributed by atoms with Crippen molar-refractivity contribution in [2.24, 2.45) is 0 Å². The normalized spacial score (nSPS) is 15.7. The van der Waals surface area contributed by atoms with Crippen LogP contribution in [0.4, 0.5) is 5.82 Å². The largest absolute Gasteiger partial charge is 0.382 e. The number of nitrogens with zero attached hydrogens (tertiary/aromatic N) is 2. The second-order valence-corrected chi connectivity index (χ2v) is 3.65. The quantitative estimate of drug-likeness (QED) is 0.698. The van der Waals surface area contributed by atoms with Crippen molar-refractivity contribution in [3.05, 3.63) is 24.4 Å². The van der Waals surface area contributed by atoms with Gasteiger partial charge in [-0.2, -0.15) is 5.10 Å². The highest BCUT2D eigenvalue weighted by Gasteiger charge is 2.13. The van der Waals surface area contributed by atoms with Crippen molar-refractivity contribution in [3.63, 3.8) is 0 Å². The molecule has 80 valence electrons. The van der Waals surface area contributed by atoms with Crippen LogP contribution >= 0.6 is 0 Å². The summed E-state index contributed by atoms with van der Waals surface area (Å²) in [6.07, 6.45) is 7.70. The number of nitrogens with one attached hydrogen (secondary N) is 1. The van der Waals surface area contributed by atoms with Gasteiger partial charge in [0.05, 0.1) is 0 Å². The molecule has 3 N–H and O–H groups in total. The van der Waals surface area contributed by atoms with Crippen molar-refractivity contribution >= 4 is 11.7 Å². The van der Waals surface area contributed by atoms with Crippen LogP contribution in [0, 0.1) is 0 Å². The molecule has 2 rings (SSSR count). The molecule has 0 spiro atoms. The lowest BCUT2D eigenvalue weighted by atomic mass is 10.2. The van der Waals surface area contributed by atoms with Gasteiger partial charge in [-0.15, -0.1) is 0 Å². The number of aromatic nitrogens is 2. The van der Waals surface area contributed by atoms with E-state index in [-0.39, 0.29) is 18.5 Å². The van der Waals surface area contributed by atoms with E-state index in [1.165, 1.54) is 4.68 Å². The zero-order chi connectivity index (χ0) is 10.7. The molecule has 0 fully saturated rings. The van der Waals surface area contributed by atoms with E-state index >= 15 is 0 Å². The first-order valence-electron chi connectivity index (χ1n) is 4.97. The Kier molecular flexibility index (Phi) is 2.71. The SMILES string of the molecule is Nc1ccn(CC(=O)NC2CC=CC2)n1. The number of amides is 1. The summed E-state index contributed by atoms with van der Waals surface area (Å²) < 4.78 is 1.53. The van der Waals surface area contributed by atoms with Gasteiger partial charge in [-0.1, -0.05) is 12.2 Å². The maximum atomic E-state index is 11.5. The van der Waals surface area contributed by atoms with Crippen LogP contribution in [-0.2, 0) is 11.3 Å². The molecule has 1 amide bonds. The van der Waals surface area contributed by atoms with Gasteiger partial charge >= 0.3 is 0 Å². The summed E-state index contributed by atoms with van der Waals surface area (Å²) in [7, 11) is 0. The van der Waals surface area contributed by atoms with E-state index in [4.69, 9.17) is 5.73 Å². The van der Waals surface area contributed by atoms with E-state index in [1.54, 1.807) is 12.3 Å². The van der Waals surface area contributed by atoms with E-state index in [9.17, 15) is 4.79 Å². The fourth-order valence-electron chi connectivity index (χ4n) is 1.62. The number of carbonyl (C=O) groups is 1. The number of carbonyl (C=O) groups excluding carboxylic acids is 1. The number of nitrogens with two attached hydrogens (primary N) is 1. The van der Waals surface area contributed by atoms with Crippen LogP contribution in [0.1, 0.15) is 12.8 Å². The number of nitrogen functional groups attached to an aromatic ring is 1. The van der Waals surface area contributed by atoms with Gasteiger partial charge in [-0.05, 0) is 18.9 Å². The minimum atomic E-state index is -0.0215. The minimum Gasteiger partial charge on any atom is -0.382 e. The minimum absolute atomic E-state index is 0.0215. The summed E-state index contributed by atoms with van der Waals surface area (Å²) in [6, 6.07) is 1.93. The van der Waals surface area contributed by atoms with E-state index < -0.39 is 0 Å². The Bertz CT molecular complexity index is 375. The van der Waals surface area contributed by atoms with Gasteiger partial charge in [-0.3, -0.25) is 9.48 Å². The molecule has 5 heteroatoms. The van der Waals surface area contributed by atoms with Gasteiger partial charge < -0.3 is 11.1 Å². The van der Waals surface area contributed by atoms with Crippen molar-refractivity contribution in [2.75, 3.05) is 5.73 Å². The fourth-order valence-corrected chi connectivity index (χ4v) is 1.62. The lowest BCUT2D eigenvalue weighted by Gasteiger charge is -2.11. The summed E-state index contributed by atoms with van der Waals surface area (Å²) in [5, 5.41) is 6.88. The van der Waals surface area contributed by atoms with Crippen LogP contribution in [0.25, 0.3) is 0 Å². The second-order valence-electron chi connectivity index (χ2n) is 3.65. The summed E-state index contributed by atoms with van der Waals surface area (Å²) in [4.78, 5) is 11.5. The fraction of sp³-hybridized carbons (Fsp3) is 0.400. The molecule has 0 saturated carbocycles. The van der Waals surface area contributed by atoms with Gasteiger partial charge in [-0.25, -0.2) is 0 Å². The average molecular weight is 206 g/mol. The Morgan fingerprint density at radius 3 is 2.93 bits per heavy atom. The third-order valence-corrected chi connectivity index (χ3v) is 2.34.